The van der Waals surface area contributed by atoms with Crippen molar-refractivity contribution in [1.29, 1.82) is 0 Å². The van der Waals surface area contributed by atoms with Crippen molar-refractivity contribution in [1.82, 2.24) is 10.2 Å². The van der Waals surface area contributed by atoms with Crippen LogP contribution in [-0.4, -0.2) is 54.5 Å². The monoisotopic (exact) mass is 310 g/mol. The van der Waals surface area contributed by atoms with Crippen molar-refractivity contribution >= 4 is 0 Å². The molecule has 0 aromatic carbocycles. The van der Waals surface area contributed by atoms with E-state index in [4.69, 9.17) is 4.74 Å². The van der Waals surface area contributed by atoms with Crippen LogP contribution in [0, 0.1) is 5.92 Å². The Labute approximate surface area is 126 Å². The highest BCUT2D eigenvalue weighted by Crippen LogP contribution is 2.42. The molecular formula is C15H29F3N2O. The highest BCUT2D eigenvalue weighted by Gasteiger charge is 2.53. The van der Waals surface area contributed by atoms with Crippen molar-refractivity contribution in [3.05, 3.63) is 0 Å². The third-order valence-electron chi connectivity index (χ3n) is 4.43. The molecule has 3 nitrogen and oxygen atoms in total. The number of ether oxygens (including phenoxy) is 1. The lowest BCUT2D eigenvalue weighted by molar-refractivity contribution is -0.153. The van der Waals surface area contributed by atoms with E-state index in [0.29, 0.717) is 6.54 Å². The fraction of sp³-hybridized carbons (Fsp3) is 1.00. The number of halogens is 3. The van der Waals surface area contributed by atoms with Gasteiger partial charge in [0.25, 0.3) is 0 Å². The minimum absolute atomic E-state index is 0.0118. The van der Waals surface area contributed by atoms with Crippen molar-refractivity contribution in [2.24, 2.45) is 5.92 Å². The van der Waals surface area contributed by atoms with Crippen LogP contribution >= 0.6 is 0 Å². The molecule has 1 rings (SSSR count). The second kappa shape index (κ2) is 6.05. The minimum Gasteiger partial charge on any atom is -0.368 e. The summed E-state index contributed by atoms with van der Waals surface area (Å²) in [5.74, 6) is -0.0118. The van der Waals surface area contributed by atoms with Crippen LogP contribution in [0.25, 0.3) is 0 Å². The van der Waals surface area contributed by atoms with Crippen molar-refractivity contribution in [2.75, 3.05) is 20.1 Å². The van der Waals surface area contributed by atoms with Gasteiger partial charge in [0.15, 0.2) is 0 Å². The van der Waals surface area contributed by atoms with Crippen LogP contribution in [0.5, 0.6) is 0 Å². The maximum absolute atomic E-state index is 12.8. The third-order valence-corrected chi connectivity index (χ3v) is 4.43. The minimum atomic E-state index is -4.18. The van der Waals surface area contributed by atoms with E-state index in [2.05, 4.69) is 5.32 Å². The number of nitrogens with one attached hydrogen (secondary N) is 1. The van der Waals surface area contributed by atoms with Crippen molar-refractivity contribution < 1.29 is 17.9 Å². The second-order valence-corrected chi connectivity index (χ2v) is 7.32. The summed E-state index contributed by atoms with van der Waals surface area (Å²) in [6.07, 6.45) is -4.18. The van der Waals surface area contributed by atoms with Crippen molar-refractivity contribution in [3.8, 4) is 0 Å². The molecule has 21 heavy (non-hydrogen) atoms. The Morgan fingerprint density at radius 1 is 1.14 bits per heavy atom. The molecule has 0 radical (unpaired) electrons. The van der Waals surface area contributed by atoms with Crippen LogP contribution in [0.1, 0.15) is 41.5 Å². The van der Waals surface area contributed by atoms with Crippen molar-refractivity contribution in [3.63, 3.8) is 0 Å². The molecule has 0 bridgehead atoms. The number of hydrogen-bond acceptors (Lipinski definition) is 3. The third kappa shape index (κ3) is 4.57. The average Bonchev–Trinajstić information content (AvgIpc) is 2.40. The largest absolute Gasteiger partial charge is 0.401 e. The summed E-state index contributed by atoms with van der Waals surface area (Å²) < 4.78 is 44.4. The molecule has 1 aliphatic rings. The Balaban J connectivity index is 2.95. The van der Waals surface area contributed by atoms with Gasteiger partial charge in [0, 0.05) is 24.5 Å². The Kier molecular flexibility index (Phi) is 5.39. The molecular weight excluding hydrogens is 281 g/mol. The van der Waals surface area contributed by atoms with E-state index in [-0.39, 0.29) is 18.0 Å². The molecule has 2 atom stereocenters. The molecule has 1 saturated heterocycles. The van der Waals surface area contributed by atoms with Gasteiger partial charge in [-0.15, -0.1) is 0 Å². The average molecular weight is 310 g/mol. The summed E-state index contributed by atoms with van der Waals surface area (Å²) in [4.78, 5) is 1.49. The number of hydrogen-bond donors (Lipinski definition) is 1. The quantitative estimate of drug-likeness (QED) is 0.845. The molecule has 126 valence electrons. The van der Waals surface area contributed by atoms with Crippen LogP contribution < -0.4 is 5.32 Å². The normalized spacial score (nSPS) is 28.6. The highest BCUT2D eigenvalue weighted by molar-refractivity contribution is 5.06. The number of nitrogens with zero attached hydrogens (tertiary/aromatic N) is 1. The van der Waals surface area contributed by atoms with E-state index in [1.807, 2.05) is 34.7 Å². The molecule has 1 heterocycles. The van der Waals surface area contributed by atoms with Gasteiger partial charge in [0.2, 0.25) is 0 Å². The maximum Gasteiger partial charge on any atom is 0.401 e. The van der Waals surface area contributed by atoms with E-state index < -0.39 is 23.9 Å². The predicted molar refractivity (Wildman–Crippen MR) is 78.3 cm³/mol. The SMILES string of the molecule is CNC1C(CN(CC(F)(F)F)C(C)C)C(C)(C)OC1(C)C. The molecule has 0 saturated carbocycles. The van der Waals surface area contributed by atoms with Gasteiger partial charge in [-0.2, -0.15) is 13.2 Å². The first kappa shape index (κ1) is 18.7. The van der Waals surface area contributed by atoms with Gasteiger partial charge in [0.1, 0.15) is 0 Å². The van der Waals surface area contributed by atoms with Crippen molar-refractivity contribution in [2.45, 2.75) is 71.0 Å². The Bertz CT molecular complexity index is 353. The summed E-state index contributed by atoms with van der Waals surface area (Å²) in [7, 11) is 1.84. The fourth-order valence-corrected chi connectivity index (χ4v) is 3.52. The number of rotatable bonds is 5. The summed E-state index contributed by atoms with van der Waals surface area (Å²) in [6, 6.07) is -0.148. The molecule has 1 N–H and O–H groups in total. The zero-order valence-electron chi connectivity index (χ0n) is 14.1. The van der Waals surface area contributed by atoms with Gasteiger partial charge < -0.3 is 10.1 Å². The predicted octanol–water partition coefficient (Wildman–Crippen LogP) is 3.05. The molecule has 0 spiro atoms. The number of likely N-dealkylation sites (N-methyl/N-ethyl adjacent to an activating group) is 1. The van der Waals surface area contributed by atoms with Gasteiger partial charge >= 0.3 is 6.18 Å². The first-order valence-electron chi connectivity index (χ1n) is 7.48. The molecule has 0 aliphatic carbocycles. The summed E-state index contributed by atoms with van der Waals surface area (Å²) in [6.45, 7) is 11.0. The molecule has 6 heteroatoms. The first-order valence-corrected chi connectivity index (χ1v) is 7.48. The smallest absolute Gasteiger partial charge is 0.368 e. The lowest BCUT2D eigenvalue weighted by Crippen LogP contribution is -2.52. The van der Waals surface area contributed by atoms with Gasteiger partial charge in [0.05, 0.1) is 17.7 Å². The van der Waals surface area contributed by atoms with Crippen LogP contribution in [0.3, 0.4) is 0 Å². The molecule has 0 aromatic heterocycles. The topological polar surface area (TPSA) is 24.5 Å². The van der Waals surface area contributed by atoms with Crippen LogP contribution in [0.2, 0.25) is 0 Å². The van der Waals surface area contributed by atoms with Gasteiger partial charge in [-0.25, -0.2) is 0 Å². The molecule has 1 aliphatic heterocycles. The Morgan fingerprint density at radius 2 is 1.67 bits per heavy atom. The van der Waals surface area contributed by atoms with Crippen LogP contribution in [0.4, 0.5) is 13.2 Å². The zero-order chi connectivity index (χ0) is 16.6. The van der Waals surface area contributed by atoms with Gasteiger partial charge in [-0.1, -0.05) is 0 Å². The van der Waals surface area contributed by atoms with Crippen LogP contribution in [-0.2, 0) is 4.74 Å². The lowest BCUT2D eigenvalue weighted by atomic mass is 9.82. The number of alkyl halides is 3. The van der Waals surface area contributed by atoms with E-state index >= 15 is 0 Å². The van der Waals surface area contributed by atoms with Gasteiger partial charge in [-0.05, 0) is 48.6 Å². The standard InChI is InChI=1S/C15H29F3N2O/c1-10(2)20(9-15(16,17)18)8-11-12(19-7)14(5,6)21-13(11,3)4/h10-12,19H,8-9H2,1-7H3. The first-order chi connectivity index (χ1) is 9.30. The molecule has 0 aromatic rings. The van der Waals surface area contributed by atoms with Crippen LogP contribution in [0.15, 0.2) is 0 Å². The van der Waals surface area contributed by atoms with E-state index in [0.717, 1.165) is 0 Å². The van der Waals surface area contributed by atoms with E-state index in [1.54, 1.807) is 13.8 Å². The molecule has 2 unspecified atom stereocenters. The second-order valence-electron chi connectivity index (χ2n) is 7.32. The van der Waals surface area contributed by atoms with Gasteiger partial charge in [-0.3, -0.25) is 4.90 Å². The molecule has 1 fully saturated rings. The Hall–Kier alpha value is -0.330. The van der Waals surface area contributed by atoms with E-state index in [9.17, 15) is 13.2 Å². The summed E-state index contributed by atoms with van der Waals surface area (Å²) >= 11 is 0. The maximum atomic E-state index is 12.8. The fourth-order valence-electron chi connectivity index (χ4n) is 3.52. The zero-order valence-corrected chi connectivity index (χ0v) is 14.1. The summed E-state index contributed by atoms with van der Waals surface area (Å²) in [5.41, 5.74) is -0.861. The van der Waals surface area contributed by atoms with E-state index in [1.165, 1.54) is 4.90 Å². The summed E-state index contributed by atoms with van der Waals surface area (Å²) in [5, 5.41) is 3.23. The lowest BCUT2D eigenvalue weighted by Gasteiger charge is -2.36. The Morgan fingerprint density at radius 3 is 2.05 bits per heavy atom. The molecule has 0 amide bonds. The highest BCUT2D eigenvalue weighted by atomic mass is 19.4.